The van der Waals surface area contributed by atoms with Gasteiger partial charge in [0, 0.05) is 13.1 Å². The van der Waals surface area contributed by atoms with Crippen molar-refractivity contribution in [3.05, 3.63) is 136 Å². The average molecular weight is 646 g/mol. The van der Waals surface area contributed by atoms with Crippen LogP contribution < -0.4 is 10.1 Å². The van der Waals surface area contributed by atoms with Gasteiger partial charge in [0.2, 0.25) is 0 Å². The van der Waals surface area contributed by atoms with Crippen molar-refractivity contribution >= 4 is 24.0 Å². The van der Waals surface area contributed by atoms with Crippen LogP contribution in [-0.4, -0.2) is 31.1 Å². The Labute approximate surface area is 270 Å². The van der Waals surface area contributed by atoms with Crippen LogP contribution in [-0.2, 0) is 24.7 Å². The molecule has 0 amide bonds. The number of nitrogens with zero attached hydrogens (tertiary/aromatic N) is 1. The summed E-state index contributed by atoms with van der Waals surface area (Å²) in [6, 6.07) is 32.4. The summed E-state index contributed by atoms with van der Waals surface area (Å²) in [6.07, 6.45) is -1.84. The summed E-state index contributed by atoms with van der Waals surface area (Å²) in [6.45, 7) is 7.45. The van der Waals surface area contributed by atoms with Gasteiger partial charge in [-0.1, -0.05) is 103 Å². The first-order valence-electron chi connectivity index (χ1n) is 14.9. The summed E-state index contributed by atoms with van der Waals surface area (Å²) >= 11 is 6.41. The van der Waals surface area contributed by atoms with Crippen molar-refractivity contribution in [1.29, 1.82) is 0 Å². The molecule has 4 rings (SSSR count). The molecule has 236 valence electrons. The van der Waals surface area contributed by atoms with Crippen LogP contribution in [0.25, 0.3) is 0 Å². The Balaban J connectivity index is 0.00000529. The molecule has 8 heteroatoms. The highest BCUT2D eigenvalue weighted by Gasteiger charge is 2.37. The Kier molecular flexibility index (Phi) is 13.6. The molecule has 1 N–H and O–H groups in total. The second-order valence-corrected chi connectivity index (χ2v) is 11.2. The van der Waals surface area contributed by atoms with Crippen molar-refractivity contribution < 1.29 is 17.9 Å². The Morgan fingerprint density at radius 1 is 0.818 bits per heavy atom. The first kappa shape index (κ1) is 35.4. The lowest BCUT2D eigenvalue weighted by Gasteiger charge is -2.43. The first-order chi connectivity index (χ1) is 20.7. The van der Waals surface area contributed by atoms with Crippen LogP contribution in [0.15, 0.2) is 103 Å². The molecule has 0 radical (unpaired) electrons. The van der Waals surface area contributed by atoms with Crippen LogP contribution in [0.3, 0.4) is 0 Å². The molecule has 0 fully saturated rings. The van der Waals surface area contributed by atoms with Gasteiger partial charge >= 0.3 is 6.18 Å². The summed E-state index contributed by atoms with van der Waals surface area (Å²) in [4.78, 5) is 2.21. The van der Waals surface area contributed by atoms with Crippen LogP contribution in [0, 0.1) is 0 Å². The molecule has 0 aliphatic carbocycles. The van der Waals surface area contributed by atoms with Crippen molar-refractivity contribution in [1.82, 2.24) is 10.2 Å². The van der Waals surface area contributed by atoms with Crippen molar-refractivity contribution in [3.63, 3.8) is 0 Å². The van der Waals surface area contributed by atoms with Crippen molar-refractivity contribution in [2.24, 2.45) is 0 Å². The molecule has 0 bridgehead atoms. The minimum Gasteiger partial charge on any atom is -0.494 e. The van der Waals surface area contributed by atoms with Gasteiger partial charge in [-0.2, -0.15) is 13.2 Å². The quantitative estimate of drug-likeness (QED) is 0.130. The summed E-state index contributed by atoms with van der Waals surface area (Å²) < 4.78 is 47.4. The fourth-order valence-corrected chi connectivity index (χ4v) is 5.71. The van der Waals surface area contributed by atoms with Gasteiger partial charge < -0.3 is 10.1 Å². The molecular formula is C36H41Cl2F3N2O. The lowest BCUT2D eigenvalue weighted by Crippen LogP contribution is -2.45. The molecule has 0 saturated heterocycles. The lowest BCUT2D eigenvalue weighted by atomic mass is 9.82. The van der Waals surface area contributed by atoms with Gasteiger partial charge in [-0.15, -0.1) is 12.4 Å². The highest BCUT2D eigenvalue weighted by atomic mass is 35.5. The van der Waals surface area contributed by atoms with Crippen molar-refractivity contribution in [3.8, 4) is 5.75 Å². The molecule has 4 aromatic carbocycles. The minimum atomic E-state index is -4.53. The van der Waals surface area contributed by atoms with E-state index in [1.165, 1.54) is 11.6 Å². The minimum absolute atomic E-state index is 0. The molecule has 0 unspecified atom stereocenters. The third-order valence-corrected chi connectivity index (χ3v) is 8.25. The Hall–Kier alpha value is -3.03. The molecule has 4 aromatic rings. The van der Waals surface area contributed by atoms with E-state index < -0.39 is 17.3 Å². The number of hydrogen-bond donors (Lipinski definition) is 1. The fraction of sp³-hybridized carbons (Fsp3) is 0.333. The Morgan fingerprint density at radius 3 is 2.07 bits per heavy atom. The summed E-state index contributed by atoms with van der Waals surface area (Å²) in [7, 11) is 0. The molecular weight excluding hydrogens is 604 g/mol. The molecule has 0 aromatic heterocycles. The topological polar surface area (TPSA) is 24.5 Å². The van der Waals surface area contributed by atoms with Crippen LogP contribution in [0.5, 0.6) is 5.75 Å². The zero-order valence-corrected chi connectivity index (χ0v) is 26.8. The van der Waals surface area contributed by atoms with Gasteiger partial charge in [-0.05, 0) is 79.7 Å². The standard InChI is InChI=1S/C36H40ClF3N2O.ClH/c1-3-22-41-23-21-28-13-10-19-32(26-28)43-25-12-24-42(27-29-14-11-20-33(34(29)37)36(38,39)40)35(2,30-15-6-4-7-16-30)31-17-8-5-9-18-31;/h4-11,13-20,26,41H,3,12,21-25,27H2,1-2H3;1H. The maximum absolute atomic E-state index is 13.8. The van der Waals surface area contributed by atoms with E-state index in [4.69, 9.17) is 16.3 Å². The summed E-state index contributed by atoms with van der Waals surface area (Å²) in [5.74, 6) is 0.814. The number of alkyl halides is 3. The predicted molar refractivity (Wildman–Crippen MR) is 177 cm³/mol. The van der Waals surface area contributed by atoms with E-state index in [-0.39, 0.29) is 24.0 Å². The van der Waals surface area contributed by atoms with Gasteiger partial charge in [-0.25, -0.2) is 0 Å². The summed E-state index contributed by atoms with van der Waals surface area (Å²) in [5, 5.41) is 3.17. The predicted octanol–water partition coefficient (Wildman–Crippen LogP) is 9.56. The first-order valence-corrected chi connectivity index (χ1v) is 15.2. The summed E-state index contributed by atoms with van der Waals surface area (Å²) in [5.41, 5.74) is 2.25. The number of rotatable bonds is 15. The SMILES string of the molecule is CCCNCCc1cccc(OCCCN(Cc2cccc(C(F)(F)F)c2Cl)C(C)(c2ccccc2)c2ccccc2)c1.Cl. The largest absolute Gasteiger partial charge is 0.494 e. The number of halogens is 5. The van der Waals surface area contributed by atoms with Gasteiger partial charge in [-0.3, -0.25) is 4.90 Å². The molecule has 3 nitrogen and oxygen atoms in total. The molecule has 0 saturated carbocycles. The van der Waals surface area contributed by atoms with Crippen molar-refractivity contribution in [2.75, 3.05) is 26.2 Å². The van der Waals surface area contributed by atoms with E-state index in [2.05, 4.69) is 60.5 Å². The van der Waals surface area contributed by atoms with Gasteiger partial charge in [0.15, 0.2) is 0 Å². The Morgan fingerprint density at radius 2 is 1.45 bits per heavy atom. The maximum Gasteiger partial charge on any atom is 0.417 e. The zero-order valence-electron chi connectivity index (χ0n) is 25.2. The average Bonchev–Trinajstić information content (AvgIpc) is 3.02. The monoisotopic (exact) mass is 644 g/mol. The molecule has 44 heavy (non-hydrogen) atoms. The second-order valence-electron chi connectivity index (χ2n) is 10.9. The van der Waals surface area contributed by atoms with Gasteiger partial charge in [0.1, 0.15) is 5.75 Å². The van der Waals surface area contributed by atoms with E-state index in [1.54, 1.807) is 6.07 Å². The fourth-order valence-electron chi connectivity index (χ4n) is 5.42. The number of nitrogens with one attached hydrogen (secondary N) is 1. The third kappa shape index (κ3) is 9.24. The van der Waals surface area contributed by atoms with E-state index in [0.29, 0.717) is 25.1 Å². The van der Waals surface area contributed by atoms with E-state index >= 15 is 0 Å². The maximum atomic E-state index is 13.8. The van der Waals surface area contributed by atoms with Crippen LogP contribution in [0.4, 0.5) is 13.2 Å². The highest BCUT2D eigenvalue weighted by Crippen LogP contribution is 2.40. The second kappa shape index (κ2) is 16.9. The zero-order chi connectivity index (χ0) is 30.7. The van der Waals surface area contributed by atoms with E-state index in [0.717, 1.165) is 48.9 Å². The van der Waals surface area contributed by atoms with E-state index in [9.17, 15) is 13.2 Å². The molecule has 0 aliphatic heterocycles. The molecule has 0 atom stereocenters. The van der Waals surface area contributed by atoms with Crippen LogP contribution in [0.1, 0.15) is 54.5 Å². The number of ether oxygens (including phenoxy) is 1. The third-order valence-electron chi connectivity index (χ3n) is 7.81. The molecule has 0 aliphatic rings. The van der Waals surface area contributed by atoms with Crippen LogP contribution >= 0.6 is 24.0 Å². The van der Waals surface area contributed by atoms with Gasteiger partial charge in [0.05, 0.1) is 22.7 Å². The molecule has 0 spiro atoms. The normalized spacial score (nSPS) is 11.8. The smallest absolute Gasteiger partial charge is 0.417 e. The number of hydrogen-bond acceptors (Lipinski definition) is 3. The van der Waals surface area contributed by atoms with Crippen LogP contribution in [0.2, 0.25) is 5.02 Å². The lowest BCUT2D eigenvalue weighted by molar-refractivity contribution is -0.137. The Bertz CT molecular complexity index is 1380. The van der Waals surface area contributed by atoms with Gasteiger partial charge in [0.25, 0.3) is 0 Å². The number of benzene rings is 4. The highest BCUT2D eigenvalue weighted by molar-refractivity contribution is 6.32. The van der Waals surface area contributed by atoms with Crippen molar-refractivity contribution in [2.45, 2.75) is 51.4 Å². The molecule has 0 heterocycles. The van der Waals surface area contributed by atoms with E-state index in [1.807, 2.05) is 48.5 Å².